The standard InChI is InChI=1S/C14H27NO2/c1-2-3-4-5-6-7-8-9-12-17-13-10-11-15-14(13)16/h13H,2-12H2,1H3,(H,15,16). The van der Waals surface area contributed by atoms with Crippen molar-refractivity contribution in [3.8, 4) is 0 Å². The zero-order chi connectivity index (χ0) is 12.3. The van der Waals surface area contributed by atoms with E-state index in [2.05, 4.69) is 12.2 Å². The van der Waals surface area contributed by atoms with Crippen LogP contribution in [0, 0.1) is 0 Å². The molecular weight excluding hydrogens is 214 g/mol. The summed E-state index contributed by atoms with van der Waals surface area (Å²) >= 11 is 0. The van der Waals surface area contributed by atoms with Gasteiger partial charge in [-0.25, -0.2) is 0 Å². The Morgan fingerprint density at radius 3 is 2.35 bits per heavy atom. The first-order chi connectivity index (χ1) is 8.34. The Bertz CT molecular complexity index is 206. The van der Waals surface area contributed by atoms with E-state index in [0.29, 0.717) is 0 Å². The summed E-state index contributed by atoms with van der Waals surface area (Å²) in [5.74, 6) is 0.0737. The number of amides is 1. The lowest BCUT2D eigenvalue weighted by atomic mass is 10.1. The highest BCUT2D eigenvalue weighted by molar-refractivity contribution is 5.82. The van der Waals surface area contributed by atoms with Gasteiger partial charge < -0.3 is 10.1 Å². The van der Waals surface area contributed by atoms with Crippen molar-refractivity contribution in [2.45, 2.75) is 70.8 Å². The summed E-state index contributed by atoms with van der Waals surface area (Å²) in [6.07, 6.45) is 11.1. The third-order valence-electron chi connectivity index (χ3n) is 3.32. The maximum atomic E-state index is 11.2. The molecule has 3 nitrogen and oxygen atoms in total. The van der Waals surface area contributed by atoms with Crippen LogP contribution in [0.5, 0.6) is 0 Å². The van der Waals surface area contributed by atoms with E-state index in [1.807, 2.05) is 0 Å². The van der Waals surface area contributed by atoms with Crippen LogP contribution in [0.15, 0.2) is 0 Å². The van der Waals surface area contributed by atoms with Gasteiger partial charge >= 0.3 is 0 Å². The van der Waals surface area contributed by atoms with E-state index in [0.717, 1.165) is 26.0 Å². The van der Waals surface area contributed by atoms with Crippen molar-refractivity contribution in [1.82, 2.24) is 5.32 Å². The first-order valence-corrected chi connectivity index (χ1v) is 7.24. The van der Waals surface area contributed by atoms with Crippen LogP contribution in [0.2, 0.25) is 0 Å². The molecule has 3 heteroatoms. The van der Waals surface area contributed by atoms with Crippen molar-refractivity contribution in [3.63, 3.8) is 0 Å². The Labute approximate surface area is 105 Å². The third-order valence-corrected chi connectivity index (χ3v) is 3.32. The first-order valence-electron chi connectivity index (χ1n) is 7.24. The van der Waals surface area contributed by atoms with Gasteiger partial charge in [0.2, 0.25) is 5.91 Å². The monoisotopic (exact) mass is 241 g/mol. The topological polar surface area (TPSA) is 38.3 Å². The largest absolute Gasteiger partial charge is 0.368 e. The molecule has 0 aromatic rings. The van der Waals surface area contributed by atoms with E-state index in [4.69, 9.17) is 4.74 Å². The highest BCUT2D eigenvalue weighted by atomic mass is 16.5. The smallest absolute Gasteiger partial charge is 0.249 e. The minimum atomic E-state index is -0.167. The maximum Gasteiger partial charge on any atom is 0.249 e. The highest BCUT2D eigenvalue weighted by Crippen LogP contribution is 2.10. The number of carbonyl (C=O) groups is 1. The summed E-state index contributed by atoms with van der Waals surface area (Å²) < 4.78 is 5.55. The first kappa shape index (κ1) is 14.5. The average Bonchev–Trinajstić information content (AvgIpc) is 2.73. The molecule has 1 saturated heterocycles. The lowest BCUT2D eigenvalue weighted by Crippen LogP contribution is -2.25. The van der Waals surface area contributed by atoms with Crippen molar-refractivity contribution in [2.75, 3.05) is 13.2 Å². The van der Waals surface area contributed by atoms with Gasteiger partial charge in [-0.2, -0.15) is 0 Å². The van der Waals surface area contributed by atoms with E-state index < -0.39 is 0 Å². The fourth-order valence-corrected chi connectivity index (χ4v) is 2.19. The van der Waals surface area contributed by atoms with Gasteiger partial charge in [-0.3, -0.25) is 4.79 Å². The van der Waals surface area contributed by atoms with E-state index >= 15 is 0 Å². The number of hydrogen-bond donors (Lipinski definition) is 1. The second-order valence-corrected chi connectivity index (χ2v) is 4.91. The van der Waals surface area contributed by atoms with Crippen molar-refractivity contribution in [3.05, 3.63) is 0 Å². The average molecular weight is 241 g/mol. The van der Waals surface area contributed by atoms with Crippen LogP contribution in [-0.4, -0.2) is 25.2 Å². The fraction of sp³-hybridized carbons (Fsp3) is 0.929. The SMILES string of the molecule is CCCCCCCCCCOC1CCNC1=O. The van der Waals surface area contributed by atoms with E-state index in [9.17, 15) is 4.79 Å². The summed E-state index contributed by atoms with van der Waals surface area (Å²) in [6.45, 7) is 3.77. The van der Waals surface area contributed by atoms with Gasteiger partial charge in [-0.05, 0) is 12.8 Å². The zero-order valence-corrected chi connectivity index (χ0v) is 11.2. The molecule has 1 aliphatic rings. The molecule has 1 atom stereocenters. The zero-order valence-electron chi connectivity index (χ0n) is 11.2. The summed E-state index contributed by atoms with van der Waals surface area (Å²) in [7, 11) is 0. The van der Waals surface area contributed by atoms with Gasteiger partial charge in [0.1, 0.15) is 6.10 Å². The summed E-state index contributed by atoms with van der Waals surface area (Å²) in [6, 6.07) is 0. The Morgan fingerprint density at radius 1 is 1.12 bits per heavy atom. The second-order valence-electron chi connectivity index (χ2n) is 4.91. The number of unbranched alkanes of at least 4 members (excludes halogenated alkanes) is 7. The molecule has 1 amide bonds. The normalized spacial score (nSPS) is 19.6. The predicted molar refractivity (Wildman–Crippen MR) is 70.0 cm³/mol. The molecule has 1 rings (SSSR count). The van der Waals surface area contributed by atoms with Crippen LogP contribution in [0.1, 0.15) is 64.7 Å². The number of ether oxygens (including phenoxy) is 1. The molecule has 1 unspecified atom stereocenters. The van der Waals surface area contributed by atoms with Crippen molar-refractivity contribution in [1.29, 1.82) is 0 Å². The fourth-order valence-electron chi connectivity index (χ4n) is 2.19. The molecule has 1 fully saturated rings. The van der Waals surface area contributed by atoms with Crippen molar-refractivity contribution >= 4 is 5.91 Å². The van der Waals surface area contributed by atoms with Gasteiger partial charge in [-0.15, -0.1) is 0 Å². The van der Waals surface area contributed by atoms with E-state index in [1.165, 1.54) is 44.9 Å². The van der Waals surface area contributed by atoms with Crippen LogP contribution >= 0.6 is 0 Å². The molecule has 0 aliphatic carbocycles. The molecule has 0 saturated carbocycles. The van der Waals surface area contributed by atoms with Crippen LogP contribution in [0.4, 0.5) is 0 Å². The van der Waals surface area contributed by atoms with Gasteiger partial charge in [-0.1, -0.05) is 51.9 Å². The van der Waals surface area contributed by atoms with Crippen molar-refractivity contribution in [2.24, 2.45) is 0 Å². The lowest BCUT2D eigenvalue weighted by Gasteiger charge is -2.08. The molecule has 0 spiro atoms. The Hall–Kier alpha value is -0.570. The maximum absolute atomic E-state index is 11.2. The summed E-state index contributed by atoms with van der Waals surface area (Å²) in [4.78, 5) is 11.2. The molecule has 0 aromatic carbocycles. The number of hydrogen-bond acceptors (Lipinski definition) is 2. The van der Waals surface area contributed by atoms with Gasteiger partial charge in [0.25, 0.3) is 0 Å². The second kappa shape index (κ2) is 9.46. The molecule has 0 radical (unpaired) electrons. The molecule has 17 heavy (non-hydrogen) atoms. The number of nitrogens with one attached hydrogen (secondary N) is 1. The van der Waals surface area contributed by atoms with Gasteiger partial charge in [0.15, 0.2) is 0 Å². The Morgan fingerprint density at radius 2 is 1.76 bits per heavy atom. The van der Waals surface area contributed by atoms with Gasteiger partial charge in [0.05, 0.1) is 0 Å². The molecule has 0 aromatic heterocycles. The molecular formula is C14H27NO2. The van der Waals surface area contributed by atoms with Crippen LogP contribution in [0.25, 0.3) is 0 Å². The minimum absolute atomic E-state index is 0.0737. The lowest BCUT2D eigenvalue weighted by molar-refractivity contribution is -0.129. The molecule has 1 N–H and O–H groups in total. The number of carbonyl (C=O) groups excluding carboxylic acids is 1. The van der Waals surface area contributed by atoms with Crippen LogP contribution < -0.4 is 5.32 Å². The molecule has 0 bridgehead atoms. The molecule has 100 valence electrons. The van der Waals surface area contributed by atoms with Crippen LogP contribution in [-0.2, 0) is 9.53 Å². The van der Waals surface area contributed by atoms with Crippen molar-refractivity contribution < 1.29 is 9.53 Å². The Balaban J connectivity index is 1.80. The van der Waals surface area contributed by atoms with E-state index in [1.54, 1.807) is 0 Å². The summed E-state index contributed by atoms with van der Waals surface area (Å²) in [5.41, 5.74) is 0. The minimum Gasteiger partial charge on any atom is -0.368 e. The Kier molecular flexibility index (Phi) is 8.06. The molecule has 1 heterocycles. The molecule has 1 aliphatic heterocycles. The van der Waals surface area contributed by atoms with Gasteiger partial charge in [0, 0.05) is 13.2 Å². The van der Waals surface area contributed by atoms with Crippen LogP contribution in [0.3, 0.4) is 0 Å². The summed E-state index contributed by atoms with van der Waals surface area (Å²) in [5, 5.41) is 2.79. The predicted octanol–water partition coefficient (Wildman–Crippen LogP) is 3.03. The third kappa shape index (κ3) is 6.67. The quantitative estimate of drug-likeness (QED) is 0.597. The number of rotatable bonds is 10. The van der Waals surface area contributed by atoms with E-state index in [-0.39, 0.29) is 12.0 Å². The highest BCUT2D eigenvalue weighted by Gasteiger charge is 2.23.